The molecule has 0 fully saturated rings. The Morgan fingerprint density at radius 1 is 1.38 bits per heavy atom. The molecule has 2 aromatic rings. The summed E-state index contributed by atoms with van der Waals surface area (Å²) in [5, 5.41) is 13.5. The third-order valence-corrected chi connectivity index (χ3v) is 4.31. The molecule has 21 heavy (non-hydrogen) atoms. The van der Waals surface area contributed by atoms with Crippen molar-refractivity contribution < 1.29 is 9.72 Å². The molecule has 0 spiro atoms. The lowest BCUT2D eigenvalue weighted by Crippen LogP contribution is -2.04. The van der Waals surface area contributed by atoms with Crippen LogP contribution in [0.4, 0.5) is 11.5 Å². The number of carbonyl (C=O) groups is 1. The number of rotatable bonds is 2. The zero-order chi connectivity index (χ0) is 15.1. The highest BCUT2D eigenvalue weighted by Crippen LogP contribution is 2.35. The second-order valence-corrected chi connectivity index (χ2v) is 6.05. The van der Waals surface area contributed by atoms with E-state index in [-0.39, 0.29) is 11.6 Å². The Bertz CT molecular complexity index is 808. The highest BCUT2D eigenvalue weighted by atomic mass is 32.1. The van der Waals surface area contributed by atoms with E-state index in [0.717, 1.165) is 21.5 Å². The number of aromatic nitrogens is 1. The molecule has 0 saturated heterocycles. The summed E-state index contributed by atoms with van der Waals surface area (Å²) >= 11 is 1.58. The summed E-state index contributed by atoms with van der Waals surface area (Å²) in [6.45, 7) is 3.96. The van der Waals surface area contributed by atoms with Gasteiger partial charge in [0.2, 0.25) is 0 Å². The van der Waals surface area contributed by atoms with Crippen molar-refractivity contribution in [3.05, 3.63) is 49.3 Å². The van der Waals surface area contributed by atoms with Crippen molar-refractivity contribution in [1.82, 2.24) is 4.98 Å². The topological polar surface area (TPSA) is 85.1 Å². The SMILES string of the molecule is Cc1cc(C)c(C=C2C(=O)Nc3ncc([N+](=O)[O-])cc32)s1. The molecule has 0 bridgehead atoms. The van der Waals surface area contributed by atoms with E-state index in [2.05, 4.69) is 10.3 Å². The first kappa shape index (κ1) is 13.4. The van der Waals surface area contributed by atoms with E-state index in [0.29, 0.717) is 17.0 Å². The summed E-state index contributed by atoms with van der Waals surface area (Å²) in [5.74, 6) is 0.0752. The van der Waals surface area contributed by atoms with Gasteiger partial charge in [-0.2, -0.15) is 0 Å². The van der Waals surface area contributed by atoms with Gasteiger partial charge in [-0.1, -0.05) is 0 Å². The number of aryl methyl sites for hydroxylation is 2. The van der Waals surface area contributed by atoms with Crippen LogP contribution in [0.3, 0.4) is 0 Å². The van der Waals surface area contributed by atoms with Gasteiger partial charge < -0.3 is 5.32 Å². The summed E-state index contributed by atoms with van der Waals surface area (Å²) in [6, 6.07) is 3.42. The van der Waals surface area contributed by atoms with Crippen LogP contribution in [0.25, 0.3) is 11.6 Å². The number of amides is 1. The van der Waals surface area contributed by atoms with Crippen LogP contribution in [0.5, 0.6) is 0 Å². The largest absolute Gasteiger partial charge is 0.306 e. The van der Waals surface area contributed by atoms with Crippen LogP contribution in [0.15, 0.2) is 18.3 Å². The van der Waals surface area contributed by atoms with Crippen LogP contribution in [0, 0.1) is 24.0 Å². The van der Waals surface area contributed by atoms with E-state index in [1.54, 1.807) is 17.4 Å². The van der Waals surface area contributed by atoms with E-state index in [4.69, 9.17) is 0 Å². The van der Waals surface area contributed by atoms with Crippen LogP contribution in [0.2, 0.25) is 0 Å². The first-order chi connectivity index (χ1) is 9.95. The first-order valence-electron chi connectivity index (χ1n) is 6.20. The van der Waals surface area contributed by atoms with Gasteiger partial charge in [-0.05, 0) is 31.6 Å². The van der Waals surface area contributed by atoms with Crippen LogP contribution in [-0.2, 0) is 4.79 Å². The zero-order valence-corrected chi connectivity index (χ0v) is 12.2. The van der Waals surface area contributed by atoms with Crippen molar-refractivity contribution in [1.29, 1.82) is 0 Å². The summed E-state index contributed by atoms with van der Waals surface area (Å²) in [6.07, 6.45) is 2.90. The van der Waals surface area contributed by atoms with Crippen LogP contribution < -0.4 is 5.32 Å². The molecule has 1 aliphatic rings. The summed E-state index contributed by atoms with van der Waals surface area (Å²) in [4.78, 5) is 28.4. The molecule has 1 N–H and O–H groups in total. The van der Waals surface area contributed by atoms with Crippen molar-refractivity contribution in [2.24, 2.45) is 0 Å². The molecular formula is C14H11N3O3S. The quantitative estimate of drug-likeness (QED) is 0.524. The lowest BCUT2D eigenvalue weighted by atomic mass is 10.1. The Morgan fingerprint density at radius 2 is 2.14 bits per heavy atom. The minimum Gasteiger partial charge on any atom is -0.306 e. The normalized spacial score (nSPS) is 15.1. The number of hydrogen-bond acceptors (Lipinski definition) is 5. The minimum absolute atomic E-state index is 0.129. The van der Waals surface area contributed by atoms with Crippen LogP contribution >= 0.6 is 11.3 Å². The zero-order valence-electron chi connectivity index (χ0n) is 11.3. The molecular weight excluding hydrogens is 290 g/mol. The molecule has 0 aromatic carbocycles. The van der Waals surface area contributed by atoms with E-state index in [9.17, 15) is 14.9 Å². The number of nitrogens with one attached hydrogen (secondary N) is 1. The highest BCUT2D eigenvalue weighted by molar-refractivity contribution is 7.13. The monoisotopic (exact) mass is 301 g/mol. The van der Waals surface area contributed by atoms with Gasteiger partial charge in [-0.15, -0.1) is 11.3 Å². The summed E-state index contributed by atoms with van der Waals surface area (Å²) in [5.41, 5.74) is 1.82. The molecule has 3 rings (SSSR count). The molecule has 6 nitrogen and oxygen atoms in total. The van der Waals surface area contributed by atoms with Gasteiger partial charge >= 0.3 is 0 Å². The highest BCUT2D eigenvalue weighted by Gasteiger charge is 2.28. The molecule has 1 aliphatic heterocycles. The van der Waals surface area contributed by atoms with Crippen molar-refractivity contribution in [3.8, 4) is 0 Å². The summed E-state index contributed by atoms with van der Waals surface area (Å²) < 4.78 is 0. The van der Waals surface area contributed by atoms with Gasteiger partial charge in [0.1, 0.15) is 12.0 Å². The minimum atomic E-state index is -0.520. The fraction of sp³-hybridized carbons (Fsp3) is 0.143. The van der Waals surface area contributed by atoms with Crippen LogP contribution in [0.1, 0.15) is 20.9 Å². The second kappa shape index (κ2) is 4.78. The lowest BCUT2D eigenvalue weighted by Gasteiger charge is -1.98. The third-order valence-electron chi connectivity index (χ3n) is 3.21. The molecule has 2 aromatic heterocycles. The fourth-order valence-corrected chi connectivity index (χ4v) is 3.21. The van der Waals surface area contributed by atoms with Crippen molar-refractivity contribution in [3.63, 3.8) is 0 Å². The maximum Gasteiger partial charge on any atom is 0.288 e. The molecule has 0 radical (unpaired) electrons. The van der Waals surface area contributed by atoms with E-state index in [1.165, 1.54) is 6.07 Å². The van der Waals surface area contributed by atoms with E-state index >= 15 is 0 Å². The number of thiophene rings is 1. The first-order valence-corrected chi connectivity index (χ1v) is 7.02. The lowest BCUT2D eigenvalue weighted by molar-refractivity contribution is -0.385. The smallest absolute Gasteiger partial charge is 0.288 e. The Morgan fingerprint density at radius 3 is 2.76 bits per heavy atom. The maximum atomic E-state index is 12.1. The number of fused-ring (bicyclic) bond motifs is 1. The molecule has 0 atom stereocenters. The van der Waals surface area contributed by atoms with Gasteiger partial charge in [0.25, 0.3) is 11.6 Å². The number of pyridine rings is 1. The third kappa shape index (κ3) is 2.31. The average Bonchev–Trinajstić information content (AvgIpc) is 2.90. The second-order valence-electron chi connectivity index (χ2n) is 4.76. The molecule has 1 amide bonds. The van der Waals surface area contributed by atoms with Gasteiger partial charge in [-0.3, -0.25) is 14.9 Å². The Labute approximate surface area is 124 Å². The van der Waals surface area contributed by atoms with Crippen molar-refractivity contribution >= 4 is 40.4 Å². The standard InChI is InChI=1S/C14H11N3O3S/c1-7-3-8(2)21-12(7)5-11-10-4-9(17(19)20)6-15-13(10)16-14(11)18/h3-6H,1-2H3,(H,15,16,18). The van der Waals surface area contributed by atoms with E-state index in [1.807, 2.05) is 19.9 Å². The number of anilines is 1. The molecule has 3 heterocycles. The maximum absolute atomic E-state index is 12.1. The number of hydrogen-bond donors (Lipinski definition) is 1. The Kier molecular flexibility index (Phi) is 3.06. The average molecular weight is 301 g/mol. The van der Waals surface area contributed by atoms with Gasteiger partial charge in [0.05, 0.1) is 10.5 Å². The molecule has 106 valence electrons. The Hall–Kier alpha value is -2.54. The number of carbonyl (C=O) groups excluding carboxylic acids is 1. The Balaban J connectivity index is 2.13. The predicted octanol–water partition coefficient (Wildman–Crippen LogP) is 3.16. The van der Waals surface area contributed by atoms with Gasteiger partial charge in [0.15, 0.2) is 0 Å². The number of nitro groups is 1. The fourth-order valence-electron chi connectivity index (χ4n) is 2.23. The molecule has 0 saturated carbocycles. The number of nitrogens with zero attached hydrogens (tertiary/aromatic N) is 2. The van der Waals surface area contributed by atoms with Crippen molar-refractivity contribution in [2.75, 3.05) is 5.32 Å². The van der Waals surface area contributed by atoms with Crippen molar-refractivity contribution in [2.45, 2.75) is 13.8 Å². The molecule has 0 aliphatic carbocycles. The molecule has 0 unspecified atom stereocenters. The predicted molar refractivity (Wildman–Crippen MR) is 81.2 cm³/mol. The van der Waals surface area contributed by atoms with Crippen LogP contribution in [-0.4, -0.2) is 15.8 Å². The summed E-state index contributed by atoms with van der Waals surface area (Å²) in [7, 11) is 0. The van der Waals surface area contributed by atoms with E-state index < -0.39 is 4.92 Å². The van der Waals surface area contributed by atoms with Gasteiger partial charge in [0, 0.05) is 21.4 Å². The molecule has 7 heteroatoms. The van der Waals surface area contributed by atoms with Gasteiger partial charge in [-0.25, -0.2) is 4.98 Å².